The molecule has 0 saturated heterocycles. The summed E-state index contributed by atoms with van der Waals surface area (Å²) in [7, 11) is 1.56. The Labute approximate surface area is 92.8 Å². The van der Waals surface area contributed by atoms with E-state index in [1.165, 1.54) is 11.3 Å². The third-order valence-electron chi connectivity index (χ3n) is 1.97. The number of hydrogen-bond donors (Lipinski definition) is 0. The van der Waals surface area contributed by atoms with E-state index >= 15 is 0 Å². The molecule has 0 aliphatic carbocycles. The second-order valence-electron chi connectivity index (χ2n) is 2.97. The summed E-state index contributed by atoms with van der Waals surface area (Å²) in [5.74, 6) is -0.00523. The van der Waals surface area contributed by atoms with Crippen molar-refractivity contribution >= 4 is 28.7 Å². The van der Waals surface area contributed by atoms with E-state index in [0.29, 0.717) is 9.90 Å². The number of thiophene rings is 1. The first kappa shape index (κ1) is 11.7. The maximum Gasteiger partial charge on any atom is 0.202 e. The fraction of sp³-hybridized carbons (Fsp3) is 0.500. The summed E-state index contributed by atoms with van der Waals surface area (Å²) in [5, 5.41) is 2.34. The Bertz CT molecular complexity index is 309. The van der Waals surface area contributed by atoms with Gasteiger partial charge in [0, 0.05) is 7.11 Å². The molecule has 4 heteroatoms. The predicted molar refractivity (Wildman–Crippen MR) is 59.4 cm³/mol. The molecule has 0 bridgehead atoms. The molecule has 0 spiro atoms. The van der Waals surface area contributed by atoms with Crippen LogP contribution < -0.4 is 0 Å². The van der Waals surface area contributed by atoms with Crippen LogP contribution in [0.3, 0.4) is 0 Å². The first-order valence-corrected chi connectivity index (χ1v) is 5.76. The van der Waals surface area contributed by atoms with Gasteiger partial charge in [-0.1, -0.05) is 24.9 Å². The molecule has 0 amide bonds. The van der Waals surface area contributed by atoms with Gasteiger partial charge in [0.15, 0.2) is 0 Å². The van der Waals surface area contributed by atoms with Crippen molar-refractivity contribution in [3.8, 4) is 0 Å². The standard InChI is InChI=1S/C10H13ClO2S/c1-3-4-8(13-2)9(12)10-7(11)5-6-14-10/h5-6,8H,3-4H2,1-2H3. The van der Waals surface area contributed by atoms with Gasteiger partial charge in [-0.2, -0.15) is 0 Å². The van der Waals surface area contributed by atoms with Crippen LogP contribution in [0.2, 0.25) is 5.02 Å². The topological polar surface area (TPSA) is 26.3 Å². The Balaban J connectivity index is 2.78. The molecule has 78 valence electrons. The number of methoxy groups -OCH3 is 1. The molecule has 0 saturated carbocycles. The molecule has 14 heavy (non-hydrogen) atoms. The predicted octanol–water partition coefficient (Wildman–Crippen LogP) is 3.40. The molecule has 2 nitrogen and oxygen atoms in total. The SMILES string of the molecule is CCCC(OC)C(=O)c1sccc1Cl. The zero-order chi connectivity index (χ0) is 10.6. The lowest BCUT2D eigenvalue weighted by molar-refractivity contribution is 0.0583. The van der Waals surface area contributed by atoms with Crippen LogP contribution in [0.4, 0.5) is 0 Å². The highest BCUT2D eigenvalue weighted by atomic mass is 35.5. The van der Waals surface area contributed by atoms with Crippen molar-refractivity contribution in [3.05, 3.63) is 21.3 Å². The maximum absolute atomic E-state index is 11.8. The Morgan fingerprint density at radius 1 is 1.71 bits per heavy atom. The van der Waals surface area contributed by atoms with Crippen LogP contribution in [-0.2, 0) is 4.74 Å². The largest absolute Gasteiger partial charge is 0.373 e. The van der Waals surface area contributed by atoms with Crippen molar-refractivity contribution in [2.75, 3.05) is 7.11 Å². The van der Waals surface area contributed by atoms with Gasteiger partial charge in [-0.15, -0.1) is 11.3 Å². The molecule has 1 heterocycles. The summed E-state index contributed by atoms with van der Waals surface area (Å²) < 4.78 is 5.13. The Morgan fingerprint density at radius 2 is 2.43 bits per heavy atom. The van der Waals surface area contributed by atoms with E-state index in [1.807, 2.05) is 12.3 Å². The first-order chi connectivity index (χ1) is 6.70. The van der Waals surface area contributed by atoms with Crippen LogP contribution in [0.15, 0.2) is 11.4 Å². The van der Waals surface area contributed by atoms with E-state index in [0.717, 1.165) is 12.8 Å². The third-order valence-corrected chi connectivity index (χ3v) is 3.32. The van der Waals surface area contributed by atoms with Gasteiger partial charge in [-0.25, -0.2) is 0 Å². The van der Waals surface area contributed by atoms with Crippen LogP contribution >= 0.6 is 22.9 Å². The molecule has 0 aliphatic heterocycles. The molecule has 0 radical (unpaired) electrons. The van der Waals surface area contributed by atoms with Crippen molar-refractivity contribution in [3.63, 3.8) is 0 Å². The summed E-state index contributed by atoms with van der Waals surface area (Å²) in [6.45, 7) is 2.02. The van der Waals surface area contributed by atoms with Crippen LogP contribution in [0.1, 0.15) is 29.4 Å². The van der Waals surface area contributed by atoms with Gasteiger partial charge in [0.2, 0.25) is 5.78 Å². The molecular formula is C10H13ClO2S. The summed E-state index contributed by atoms with van der Waals surface area (Å²) in [5.41, 5.74) is 0. The molecule has 0 aromatic carbocycles. The number of rotatable bonds is 5. The van der Waals surface area contributed by atoms with Gasteiger partial charge >= 0.3 is 0 Å². The quantitative estimate of drug-likeness (QED) is 0.728. The van der Waals surface area contributed by atoms with E-state index in [-0.39, 0.29) is 11.9 Å². The van der Waals surface area contributed by atoms with Gasteiger partial charge in [-0.3, -0.25) is 4.79 Å². The van der Waals surface area contributed by atoms with Crippen LogP contribution in [-0.4, -0.2) is 19.0 Å². The van der Waals surface area contributed by atoms with Crippen molar-refractivity contribution in [2.24, 2.45) is 0 Å². The molecule has 1 aromatic heterocycles. The van der Waals surface area contributed by atoms with Crippen molar-refractivity contribution < 1.29 is 9.53 Å². The van der Waals surface area contributed by atoms with Crippen LogP contribution in [0.5, 0.6) is 0 Å². The highest BCUT2D eigenvalue weighted by molar-refractivity contribution is 7.12. The molecule has 1 rings (SSSR count). The molecule has 1 unspecified atom stereocenters. The second kappa shape index (κ2) is 5.49. The van der Waals surface area contributed by atoms with Gasteiger partial charge in [0.1, 0.15) is 6.10 Å². The lowest BCUT2D eigenvalue weighted by Gasteiger charge is -2.11. The van der Waals surface area contributed by atoms with E-state index in [9.17, 15) is 4.79 Å². The molecule has 0 aliphatic rings. The first-order valence-electron chi connectivity index (χ1n) is 4.50. The summed E-state index contributed by atoms with van der Waals surface area (Å²) >= 11 is 7.24. The molecular weight excluding hydrogens is 220 g/mol. The number of ketones is 1. The molecule has 1 atom stereocenters. The minimum absolute atomic E-state index is 0.00523. The Morgan fingerprint density at radius 3 is 2.86 bits per heavy atom. The molecule has 0 N–H and O–H groups in total. The van der Waals surface area contributed by atoms with Gasteiger partial charge in [0.25, 0.3) is 0 Å². The lowest BCUT2D eigenvalue weighted by Crippen LogP contribution is -2.22. The van der Waals surface area contributed by atoms with E-state index in [1.54, 1.807) is 13.2 Å². The Kier molecular flexibility index (Phi) is 4.58. The third kappa shape index (κ3) is 2.56. The minimum Gasteiger partial charge on any atom is -0.373 e. The molecule has 1 aromatic rings. The fourth-order valence-corrected chi connectivity index (χ4v) is 2.37. The smallest absolute Gasteiger partial charge is 0.202 e. The second-order valence-corrected chi connectivity index (χ2v) is 4.30. The number of ether oxygens (including phenoxy) is 1. The highest BCUT2D eigenvalue weighted by Gasteiger charge is 2.21. The van der Waals surface area contributed by atoms with Gasteiger partial charge in [-0.05, 0) is 17.9 Å². The lowest BCUT2D eigenvalue weighted by atomic mass is 10.1. The highest BCUT2D eigenvalue weighted by Crippen LogP contribution is 2.24. The number of carbonyl (C=O) groups excluding carboxylic acids is 1. The number of hydrogen-bond acceptors (Lipinski definition) is 3. The van der Waals surface area contributed by atoms with Crippen LogP contribution in [0, 0.1) is 0 Å². The van der Waals surface area contributed by atoms with E-state index < -0.39 is 0 Å². The van der Waals surface area contributed by atoms with Crippen molar-refractivity contribution in [2.45, 2.75) is 25.9 Å². The van der Waals surface area contributed by atoms with Gasteiger partial charge < -0.3 is 4.74 Å². The zero-order valence-corrected chi connectivity index (χ0v) is 9.82. The average Bonchev–Trinajstić information content (AvgIpc) is 2.59. The monoisotopic (exact) mass is 232 g/mol. The van der Waals surface area contributed by atoms with Crippen molar-refractivity contribution in [1.29, 1.82) is 0 Å². The Hall–Kier alpha value is -0.380. The number of carbonyl (C=O) groups is 1. The maximum atomic E-state index is 11.8. The molecule has 0 fully saturated rings. The van der Waals surface area contributed by atoms with Crippen LogP contribution in [0.25, 0.3) is 0 Å². The number of Topliss-reactive ketones (excluding diaryl/α,β-unsaturated/α-hetero) is 1. The fourth-order valence-electron chi connectivity index (χ4n) is 1.23. The summed E-state index contributed by atoms with van der Waals surface area (Å²) in [6, 6.07) is 1.73. The zero-order valence-electron chi connectivity index (χ0n) is 8.25. The average molecular weight is 233 g/mol. The summed E-state index contributed by atoms with van der Waals surface area (Å²) in [6.07, 6.45) is 1.31. The minimum atomic E-state index is -0.351. The van der Waals surface area contributed by atoms with Gasteiger partial charge in [0.05, 0.1) is 9.90 Å². The normalized spacial score (nSPS) is 12.8. The van der Waals surface area contributed by atoms with Crippen molar-refractivity contribution in [1.82, 2.24) is 0 Å². The number of halogens is 1. The van der Waals surface area contributed by atoms with E-state index in [2.05, 4.69) is 0 Å². The van der Waals surface area contributed by atoms with E-state index in [4.69, 9.17) is 16.3 Å². The summed E-state index contributed by atoms with van der Waals surface area (Å²) in [4.78, 5) is 12.5.